The van der Waals surface area contributed by atoms with Gasteiger partial charge in [-0.3, -0.25) is 9.59 Å². The van der Waals surface area contributed by atoms with Gasteiger partial charge in [-0.25, -0.2) is 0 Å². The van der Waals surface area contributed by atoms with E-state index < -0.39 is 0 Å². The second-order valence-electron chi connectivity index (χ2n) is 7.50. The minimum Gasteiger partial charge on any atom is -0.364 e. The van der Waals surface area contributed by atoms with Gasteiger partial charge in [-0.15, -0.1) is 12.4 Å². The summed E-state index contributed by atoms with van der Waals surface area (Å²) in [6.07, 6.45) is 8.74. The van der Waals surface area contributed by atoms with Crippen LogP contribution in [0.25, 0.3) is 0 Å². The monoisotopic (exact) mass is 373 g/mol. The highest BCUT2D eigenvalue weighted by atomic mass is 35.5. The maximum atomic E-state index is 12.5. The lowest BCUT2D eigenvalue weighted by Gasteiger charge is -2.34. The lowest BCUT2D eigenvalue weighted by Crippen LogP contribution is -2.50. The predicted octanol–water partition coefficient (Wildman–Crippen LogP) is 1.60. The number of carbonyl (C=O) groups excluding carboxylic acids is 2. The minimum absolute atomic E-state index is 0. The molecule has 3 aliphatic rings. The second-order valence-corrected chi connectivity index (χ2v) is 7.50. The van der Waals surface area contributed by atoms with Crippen molar-refractivity contribution in [3.8, 4) is 0 Å². The molecule has 3 rings (SSSR count). The lowest BCUT2D eigenvalue weighted by atomic mass is 9.88. The molecule has 6 nitrogen and oxygen atoms in total. The van der Waals surface area contributed by atoms with Crippen molar-refractivity contribution < 1.29 is 14.3 Å². The van der Waals surface area contributed by atoms with Gasteiger partial charge in [-0.2, -0.15) is 0 Å². The normalized spacial score (nSPS) is 28.4. The summed E-state index contributed by atoms with van der Waals surface area (Å²) < 4.78 is 5.71. The number of nitrogens with zero attached hydrogens (tertiary/aromatic N) is 1. The first-order valence-corrected chi connectivity index (χ1v) is 9.62. The molecule has 1 aliphatic carbocycles. The summed E-state index contributed by atoms with van der Waals surface area (Å²) >= 11 is 0. The highest BCUT2D eigenvalue weighted by Crippen LogP contribution is 2.25. The van der Waals surface area contributed by atoms with Gasteiger partial charge in [0.05, 0.1) is 6.10 Å². The van der Waals surface area contributed by atoms with E-state index in [-0.39, 0.29) is 48.4 Å². The zero-order valence-electron chi connectivity index (χ0n) is 15.0. The molecule has 7 heteroatoms. The van der Waals surface area contributed by atoms with Crippen molar-refractivity contribution in [2.24, 2.45) is 11.7 Å². The molecule has 3 fully saturated rings. The molecule has 0 aromatic rings. The molecule has 0 aromatic heterocycles. The Labute approximate surface area is 156 Å². The highest BCUT2D eigenvalue weighted by Gasteiger charge is 2.34. The number of carbonyl (C=O) groups is 2. The van der Waals surface area contributed by atoms with E-state index in [1.807, 2.05) is 4.90 Å². The molecule has 2 saturated heterocycles. The number of nitrogens with one attached hydrogen (secondary N) is 1. The van der Waals surface area contributed by atoms with Crippen LogP contribution in [0.1, 0.15) is 57.8 Å². The first kappa shape index (κ1) is 20.5. The van der Waals surface area contributed by atoms with E-state index in [9.17, 15) is 9.59 Å². The number of amides is 2. The molecule has 0 radical (unpaired) electrons. The highest BCUT2D eigenvalue weighted by molar-refractivity contribution is 5.85. The van der Waals surface area contributed by atoms with Crippen molar-refractivity contribution in [1.29, 1.82) is 0 Å². The molecular weight excluding hydrogens is 342 g/mol. The standard InChI is InChI=1S/C18H31N3O3.ClH/c19-12-15-6-7-16(24-15)18(23)21-10-8-14(9-11-21)20-17(22)13-4-2-1-3-5-13;/h13-16H,1-12,19H2,(H,20,22);1H/t15-,16+;/m1./s1. The SMILES string of the molecule is Cl.NC[C@H]1CC[C@@H](C(=O)N2CCC(NC(=O)C3CCCCC3)CC2)O1. The summed E-state index contributed by atoms with van der Waals surface area (Å²) in [5.41, 5.74) is 5.61. The van der Waals surface area contributed by atoms with Crippen molar-refractivity contribution in [3.63, 3.8) is 0 Å². The molecule has 0 unspecified atom stereocenters. The molecular formula is C18H32ClN3O3. The zero-order chi connectivity index (χ0) is 16.9. The number of halogens is 1. The first-order valence-electron chi connectivity index (χ1n) is 9.62. The summed E-state index contributed by atoms with van der Waals surface area (Å²) in [6, 6.07) is 0.213. The van der Waals surface area contributed by atoms with E-state index in [1.54, 1.807) is 0 Å². The number of hydrogen-bond donors (Lipinski definition) is 2. The van der Waals surface area contributed by atoms with E-state index in [1.165, 1.54) is 19.3 Å². The fourth-order valence-corrected chi connectivity index (χ4v) is 4.19. The molecule has 2 atom stereocenters. The zero-order valence-corrected chi connectivity index (χ0v) is 15.8. The van der Waals surface area contributed by atoms with Gasteiger partial charge in [0.1, 0.15) is 6.10 Å². The molecule has 25 heavy (non-hydrogen) atoms. The van der Waals surface area contributed by atoms with Crippen molar-refractivity contribution in [2.45, 2.75) is 76.0 Å². The molecule has 2 aliphatic heterocycles. The van der Waals surface area contributed by atoms with Gasteiger partial charge in [-0.05, 0) is 38.5 Å². The van der Waals surface area contributed by atoms with Crippen LogP contribution in [0.4, 0.5) is 0 Å². The van der Waals surface area contributed by atoms with E-state index in [0.29, 0.717) is 19.6 Å². The molecule has 1 saturated carbocycles. The Morgan fingerprint density at radius 1 is 1.00 bits per heavy atom. The van der Waals surface area contributed by atoms with Crippen LogP contribution in [0.2, 0.25) is 0 Å². The van der Waals surface area contributed by atoms with Gasteiger partial charge in [-0.1, -0.05) is 19.3 Å². The van der Waals surface area contributed by atoms with E-state index in [2.05, 4.69) is 5.32 Å². The summed E-state index contributed by atoms with van der Waals surface area (Å²) in [4.78, 5) is 26.7. The van der Waals surface area contributed by atoms with E-state index in [4.69, 9.17) is 10.5 Å². The number of rotatable bonds is 4. The fourth-order valence-electron chi connectivity index (χ4n) is 4.19. The Morgan fingerprint density at radius 2 is 1.68 bits per heavy atom. The first-order chi connectivity index (χ1) is 11.7. The Morgan fingerprint density at radius 3 is 2.28 bits per heavy atom. The number of piperidine rings is 1. The maximum Gasteiger partial charge on any atom is 0.251 e. The van der Waals surface area contributed by atoms with Crippen molar-refractivity contribution in [1.82, 2.24) is 10.2 Å². The molecule has 2 heterocycles. The van der Waals surface area contributed by atoms with Crippen LogP contribution in [0, 0.1) is 5.92 Å². The van der Waals surface area contributed by atoms with Crippen LogP contribution in [0.3, 0.4) is 0 Å². The number of hydrogen-bond acceptors (Lipinski definition) is 4. The van der Waals surface area contributed by atoms with E-state index >= 15 is 0 Å². The topological polar surface area (TPSA) is 84.7 Å². The lowest BCUT2D eigenvalue weighted by molar-refractivity contribution is -0.144. The summed E-state index contributed by atoms with van der Waals surface area (Å²) in [6.45, 7) is 1.91. The summed E-state index contributed by atoms with van der Waals surface area (Å²) in [7, 11) is 0. The average Bonchev–Trinajstić information content (AvgIpc) is 3.11. The molecule has 0 bridgehead atoms. The largest absolute Gasteiger partial charge is 0.364 e. The quantitative estimate of drug-likeness (QED) is 0.783. The molecule has 3 N–H and O–H groups in total. The number of likely N-dealkylation sites (tertiary alicyclic amines) is 1. The van der Waals surface area contributed by atoms with Crippen LogP contribution in [0.5, 0.6) is 0 Å². The molecule has 0 spiro atoms. The fraction of sp³-hybridized carbons (Fsp3) is 0.889. The smallest absolute Gasteiger partial charge is 0.251 e. The van der Waals surface area contributed by atoms with E-state index in [0.717, 1.165) is 38.5 Å². The van der Waals surface area contributed by atoms with Crippen LogP contribution in [0.15, 0.2) is 0 Å². The van der Waals surface area contributed by atoms with Gasteiger partial charge in [0.2, 0.25) is 5.91 Å². The van der Waals surface area contributed by atoms with Gasteiger partial charge < -0.3 is 20.7 Å². The third-order valence-corrected chi connectivity index (χ3v) is 5.77. The van der Waals surface area contributed by atoms with Crippen LogP contribution in [-0.4, -0.2) is 54.6 Å². The second kappa shape index (κ2) is 9.74. The maximum absolute atomic E-state index is 12.5. The minimum atomic E-state index is -0.313. The van der Waals surface area contributed by atoms with Gasteiger partial charge >= 0.3 is 0 Å². The average molecular weight is 374 g/mol. The predicted molar refractivity (Wildman–Crippen MR) is 98.5 cm³/mol. The third-order valence-electron chi connectivity index (χ3n) is 5.77. The third kappa shape index (κ3) is 5.31. The van der Waals surface area contributed by atoms with Gasteiger partial charge in [0.15, 0.2) is 0 Å². The van der Waals surface area contributed by atoms with Gasteiger partial charge in [0, 0.05) is 31.6 Å². The molecule has 144 valence electrons. The summed E-state index contributed by atoms with van der Waals surface area (Å²) in [5.74, 6) is 0.533. The number of ether oxygens (including phenoxy) is 1. The molecule has 0 aromatic carbocycles. The summed E-state index contributed by atoms with van der Waals surface area (Å²) in [5, 5.41) is 3.21. The van der Waals surface area contributed by atoms with Crippen LogP contribution in [-0.2, 0) is 14.3 Å². The Kier molecular flexibility index (Phi) is 7.97. The van der Waals surface area contributed by atoms with Crippen molar-refractivity contribution >= 4 is 24.2 Å². The van der Waals surface area contributed by atoms with Crippen molar-refractivity contribution in [2.75, 3.05) is 19.6 Å². The Hall–Kier alpha value is -0.850. The Balaban J connectivity index is 0.00000225. The number of nitrogens with two attached hydrogens (primary N) is 1. The Bertz CT molecular complexity index is 449. The van der Waals surface area contributed by atoms with Gasteiger partial charge in [0.25, 0.3) is 5.91 Å². The van der Waals surface area contributed by atoms with Crippen molar-refractivity contribution in [3.05, 3.63) is 0 Å². The van der Waals surface area contributed by atoms with Crippen LogP contribution < -0.4 is 11.1 Å². The molecule has 2 amide bonds. The van der Waals surface area contributed by atoms with Crippen LogP contribution >= 0.6 is 12.4 Å².